The van der Waals surface area contributed by atoms with Crippen LogP contribution in [-0.4, -0.2) is 56.6 Å². The molecule has 0 aromatic heterocycles. The van der Waals surface area contributed by atoms with Gasteiger partial charge in [0.15, 0.2) is 11.5 Å². The Bertz CT molecular complexity index is 1710. The zero-order valence-electron chi connectivity index (χ0n) is 27.5. The number of likely N-dealkylation sites (tertiary alicyclic amines) is 1. The van der Waals surface area contributed by atoms with E-state index in [1.807, 2.05) is 43.5 Å². The molecule has 4 saturated carbocycles. The minimum atomic E-state index is -0.434. The van der Waals surface area contributed by atoms with E-state index in [9.17, 15) is 5.26 Å². The molecule has 2 spiro atoms. The van der Waals surface area contributed by atoms with Crippen LogP contribution in [0.3, 0.4) is 0 Å². The molecule has 7 aliphatic rings. The second-order valence-corrected chi connectivity index (χ2v) is 15.0. The van der Waals surface area contributed by atoms with Gasteiger partial charge in [-0.05, 0) is 104 Å². The highest BCUT2D eigenvalue weighted by Crippen LogP contribution is 2.76. The van der Waals surface area contributed by atoms with Crippen molar-refractivity contribution in [3.05, 3.63) is 88.5 Å². The predicted molar refractivity (Wildman–Crippen MR) is 177 cm³/mol. The third kappa shape index (κ3) is 4.27. The maximum atomic E-state index is 9.21. The van der Waals surface area contributed by atoms with E-state index in [1.54, 1.807) is 7.11 Å². The molecule has 4 bridgehead atoms. The number of fused-ring (bicyclic) bond motifs is 2. The molecule has 2 aliphatic heterocycles. The average Bonchev–Trinajstić information content (AvgIpc) is 3.86. The van der Waals surface area contributed by atoms with Gasteiger partial charge in [0.2, 0.25) is 0 Å². The molecular weight excluding hydrogens is 588 g/mol. The smallest absolute Gasteiger partial charge is 0.166 e. The summed E-state index contributed by atoms with van der Waals surface area (Å²) in [7, 11) is 3.59. The first-order valence-corrected chi connectivity index (χ1v) is 17.5. The van der Waals surface area contributed by atoms with Crippen molar-refractivity contribution in [3.8, 4) is 23.3 Å². The Hall–Kier alpha value is -3.57. The maximum Gasteiger partial charge on any atom is 0.166 e. The molecule has 7 heteroatoms. The van der Waals surface area contributed by atoms with E-state index in [1.165, 1.54) is 30.5 Å². The lowest BCUT2D eigenvalue weighted by atomic mass is 9.35. The van der Waals surface area contributed by atoms with Gasteiger partial charge in [-0.3, -0.25) is 4.90 Å². The first-order valence-electron chi connectivity index (χ1n) is 17.5. The SMILES string of the molecule is COc1ccc(COc2ccc3c4c2O[C@H]2C5(OC)CCC6(C[C@@H]5COCc5ccc(C#N)cc5)[C@@H](C3)N(CC3CC3)CC[C@]426)cc1. The number of hydrogen-bond donors (Lipinski definition) is 0. The van der Waals surface area contributed by atoms with Gasteiger partial charge in [0.25, 0.3) is 0 Å². The van der Waals surface area contributed by atoms with Crippen LogP contribution in [0.1, 0.15) is 66.3 Å². The van der Waals surface area contributed by atoms with Gasteiger partial charge in [0, 0.05) is 42.0 Å². The van der Waals surface area contributed by atoms with Crippen LogP contribution >= 0.6 is 0 Å². The standard InChI is InChI=1S/C40H44N2O5/c1-43-32-12-9-29(10-13-32)24-46-33-14-11-30-19-34-38-15-16-40(44-2,31(20-38)25-45-23-28-7-3-26(21-41)4-8-28)37-39(38,35(30)36(33)47-37)17-18-42(34)22-27-5-6-27/h3-4,7-14,27,31,34,37H,5-6,15-20,22-25H2,1-2H3/t31-,34-,37-,38?,39+,40?/m1/s1. The summed E-state index contributed by atoms with van der Waals surface area (Å²) in [6.07, 6.45) is 8.10. The summed E-state index contributed by atoms with van der Waals surface area (Å²) in [5, 5.41) is 9.21. The molecule has 244 valence electrons. The highest BCUT2D eigenvalue weighted by Gasteiger charge is 2.80. The van der Waals surface area contributed by atoms with Gasteiger partial charge < -0.3 is 23.7 Å². The second kappa shape index (κ2) is 11.0. The second-order valence-electron chi connectivity index (χ2n) is 15.0. The third-order valence-electron chi connectivity index (χ3n) is 13.0. The Balaban J connectivity index is 1.07. The van der Waals surface area contributed by atoms with E-state index in [0.29, 0.717) is 31.4 Å². The maximum absolute atomic E-state index is 9.21. The van der Waals surface area contributed by atoms with Crippen molar-refractivity contribution in [1.82, 2.24) is 4.90 Å². The molecule has 3 aromatic rings. The number of methoxy groups -OCH3 is 2. The number of piperidine rings is 1. The molecule has 47 heavy (non-hydrogen) atoms. The molecule has 0 radical (unpaired) electrons. The molecule has 5 aliphatic carbocycles. The van der Waals surface area contributed by atoms with Crippen LogP contribution in [0.2, 0.25) is 0 Å². The van der Waals surface area contributed by atoms with Crippen LogP contribution in [-0.2, 0) is 34.5 Å². The average molecular weight is 633 g/mol. The Kier molecular flexibility index (Phi) is 6.91. The summed E-state index contributed by atoms with van der Waals surface area (Å²) in [5.41, 5.74) is 5.32. The van der Waals surface area contributed by atoms with Gasteiger partial charge in [-0.25, -0.2) is 0 Å². The van der Waals surface area contributed by atoms with Crippen molar-refractivity contribution < 1.29 is 23.7 Å². The largest absolute Gasteiger partial charge is 0.497 e. The Labute approximate surface area is 277 Å². The fourth-order valence-corrected chi connectivity index (χ4v) is 10.7. The molecule has 3 aromatic carbocycles. The quantitative estimate of drug-likeness (QED) is 0.236. The first kappa shape index (κ1) is 29.6. The number of nitriles is 1. The van der Waals surface area contributed by atoms with Crippen molar-refractivity contribution >= 4 is 0 Å². The van der Waals surface area contributed by atoms with E-state index < -0.39 is 5.60 Å². The van der Waals surface area contributed by atoms with Crippen LogP contribution in [0.5, 0.6) is 17.2 Å². The zero-order chi connectivity index (χ0) is 31.8. The summed E-state index contributed by atoms with van der Waals surface area (Å²) >= 11 is 0. The first-order chi connectivity index (χ1) is 23.0. The lowest BCUT2D eigenvalue weighted by Gasteiger charge is -2.74. The summed E-state index contributed by atoms with van der Waals surface area (Å²) < 4.78 is 32.6. The summed E-state index contributed by atoms with van der Waals surface area (Å²) in [4.78, 5) is 2.88. The van der Waals surface area contributed by atoms with E-state index in [4.69, 9.17) is 23.7 Å². The number of rotatable bonds is 11. The lowest BCUT2D eigenvalue weighted by Crippen LogP contribution is -2.81. The molecule has 6 atom stereocenters. The molecule has 0 N–H and O–H groups in total. The van der Waals surface area contributed by atoms with E-state index in [0.717, 1.165) is 72.9 Å². The van der Waals surface area contributed by atoms with E-state index >= 15 is 0 Å². The highest BCUT2D eigenvalue weighted by atomic mass is 16.6. The fourth-order valence-electron chi connectivity index (χ4n) is 10.7. The molecule has 0 amide bonds. The Morgan fingerprint density at radius 2 is 1.72 bits per heavy atom. The van der Waals surface area contributed by atoms with Crippen LogP contribution in [0, 0.1) is 28.6 Å². The normalized spacial score (nSPS) is 32.7. The fraction of sp³-hybridized carbons (Fsp3) is 0.525. The number of hydrogen-bond acceptors (Lipinski definition) is 7. The Morgan fingerprint density at radius 1 is 0.936 bits per heavy atom. The molecule has 7 nitrogen and oxygen atoms in total. The molecule has 1 saturated heterocycles. The van der Waals surface area contributed by atoms with Gasteiger partial charge in [-0.2, -0.15) is 5.26 Å². The Morgan fingerprint density at radius 3 is 2.47 bits per heavy atom. The van der Waals surface area contributed by atoms with Crippen LogP contribution < -0.4 is 14.2 Å². The monoisotopic (exact) mass is 632 g/mol. The van der Waals surface area contributed by atoms with Crippen LogP contribution in [0.15, 0.2) is 60.7 Å². The highest BCUT2D eigenvalue weighted by molar-refractivity contribution is 5.63. The predicted octanol–water partition coefficient (Wildman–Crippen LogP) is 6.59. The molecule has 10 rings (SSSR count). The topological polar surface area (TPSA) is 73.2 Å². The molecule has 5 fully saturated rings. The zero-order valence-corrected chi connectivity index (χ0v) is 27.5. The van der Waals surface area contributed by atoms with Crippen LogP contribution in [0.25, 0.3) is 0 Å². The third-order valence-corrected chi connectivity index (χ3v) is 13.0. The van der Waals surface area contributed by atoms with Gasteiger partial charge >= 0.3 is 0 Å². The van der Waals surface area contributed by atoms with Crippen molar-refractivity contribution in [1.29, 1.82) is 5.26 Å². The molecular formula is C40H44N2O5. The summed E-state index contributed by atoms with van der Waals surface area (Å²) in [6.45, 7) is 3.98. The molecule has 2 heterocycles. The molecule has 2 unspecified atom stereocenters. The number of benzene rings is 3. The van der Waals surface area contributed by atoms with Gasteiger partial charge in [-0.1, -0.05) is 30.3 Å². The van der Waals surface area contributed by atoms with Gasteiger partial charge in [-0.15, -0.1) is 0 Å². The summed E-state index contributed by atoms with van der Waals surface area (Å²) in [6, 6.07) is 23.0. The lowest BCUT2D eigenvalue weighted by molar-refractivity contribution is -0.283. The minimum absolute atomic E-state index is 0.0728. The minimum Gasteiger partial charge on any atom is -0.497 e. The van der Waals surface area contributed by atoms with E-state index in [2.05, 4.69) is 35.2 Å². The van der Waals surface area contributed by atoms with Crippen molar-refractivity contribution in [3.63, 3.8) is 0 Å². The van der Waals surface area contributed by atoms with Crippen LogP contribution in [0.4, 0.5) is 0 Å². The number of nitrogens with zero attached hydrogens (tertiary/aromatic N) is 2. The van der Waals surface area contributed by atoms with E-state index in [-0.39, 0.29) is 22.9 Å². The van der Waals surface area contributed by atoms with Gasteiger partial charge in [0.1, 0.15) is 24.1 Å². The van der Waals surface area contributed by atoms with Crippen molar-refractivity contribution in [2.24, 2.45) is 17.3 Å². The van der Waals surface area contributed by atoms with Crippen molar-refractivity contribution in [2.45, 2.75) is 81.3 Å². The van der Waals surface area contributed by atoms with Crippen molar-refractivity contribution in [2.75, 3.05) is 33.9 Å². The van der Waals surface area contributed by atoms with Gasteiger partial charge in [0.05, 0.1) is 32.0 Å². The number of ether oxygens (including phenoxy) is 5. The summed E-state index contributed by atoms with van der Waals surface area (Å²) in [5.74, 6) is 3.73.